The number of anilines is 1. The van der Waals surface area contributed by atoms with Crippen molar-refractivity contribution in [1.82, 2.24) is 4.98 Å². The Hall–Kier alpha value is -3.36. The van der Waals surface area contributed by atoms with E-state index >= 15 is 0 Å². The molecule has 0 amide bonds. The van der Waals surface area contributed by atoms with Crippen molar-refractivity contribution >= 4 is 29.3 Å². The first-order valence-electron chi connectivity index (χ1n) is 8.82. The second-order valence-electron chi connectivity index (χ2n) is 6.53. The maximum absolute atomic E-state index is 12.6. The first-order valence-corrected chi connectivity index (χ1v) is 9.63. The van der Waals surface area contributed by atoms with Gasteiger partial charge < -0.3 is 10.5 Å². The van der Waals surface area contributed by atoms with Gasteiger partial charge in [0.15, 0.2) is 5.78 Å². The molecule has 0 spiro atoms. The van der Waals surface area contributed by atoms with Crippen molar-refractivity contribution in [2.24, 2.45) is 0 Å². The molecular formula is C21H20N4O3S. The monoisotopic (exact) mass is 408 g/mol. The molecule has 0 aliphatic heterocycles. The van der Waals surface area contributed by atoms with Crippen molar-refractivity contribution in [1.29, 1.82) is 10.5 Å². The van der Waals surface area contributed by atoms with Crippen LogP contribution in [0.1, 0.15) is 38.3 Å². The molecule has 1 heterocycles. The Kier molecular flexibility index (Phi) is 6.98. The van der Waals surface area contributed by atoms with E-state index in [2.05, 4.69) is 11.1 Å². The molecule has 0 saturated heterocycles. The Balaban J connectivity index is 2.53. The molecule has 0 atom stereocenters. The number of rotatable bonds is 7. The third kappa shape index (κ3) is 4.92. The van der Waals surface area contributed by atoms with Crippen molar-refractivity contribution in [2.75, 3.05) is 12.3 Å². The highest BCUT2D eigenvalue weighted by atomic mass is 32.2. The van der Waals surface area contributed by atoms with Gasteiger partial charge in [0.05, 0.1) is 16.9 Å². The Bertz CT molecular complexity index is 1020. The summed E-state index contributed by atoms with van der Waals surface area (Å²) in [4.78, 5) is 28.5. The zero-order valence-corrected chi connectivity index (χ0v) is 17.2. The lowest BCUT2D eigenvalue weighted by molar-refractivity contribution is -0.145. The van der Waals surface area contributed by atoms with E-state index < -0.39 is 10.7 Å². The van der Waals surface area contributed by atoms with Gasteiger partial charge in [0.1, 0.15) is 35.0 Å². The molecule has 0 saturated carbocycles. The van der Waals surface area contributed by atoms with E-state index in [0.717, 1.165) is 11.8 Å². The molecule has 1 aromatic heterocycles. The van der Waals surface area contributed by atoms with Crippen LogP contribution in [-0.4, -0.2) is 28.1 Å². The molecule has 8 heteroatoms. The number of ketones is 1. The van der Waals surface area contributed by atoms with Crippen molar-refractivity contribution in [2.45, 2.75) is 37.0 Å². The highest BCUT2D eigenvalue weighted by Crippen LogP contribution is 2.40. The van der Waals surface area contributed by atoms with Gasteiger partial charge in [-0.25, -0.2) is 4.98 Å². The van der Waals surface area contributed by atoms with Gasteiger partial charge in [0, 0.05) is 5.56 Å². The Morgan fingerprint density at radius 1 is 1.17 bits per heavy atom. The summed E-state index contributed by atoms with van der Waals surface area (Å²) in [7, 11) is 0. The maximum atomic E-state index is 12.6. The third-order valence-corrected chi connectivity index (χ3v) is 5.34. The molecule has 7 nitrogen and oxygen atoms in total. The zero-order chi connectivity index (χ0) is 21.6. The van der Waals surface area contributed by atoms with Crippen LogP contribution in [0.5, 0.6) is 0 Å². The zero-order valence-electron chi connectivity index (χ0n) is 16.4. The SMILES string of the molecule is CCOC(=O)CC(=O)C(C)(C)Sc1nc(N)c(C#N)c(-c2ccccc2)c1C#N. The Morgan fingerprint density at radius 2 is 1.79 bits per heavy atom. The quantitative estimate of drug-likeness (QED) is 0.419. The molecule has 2 rings (SSSR count). The average molecular weight is 408 g/mol. The first kappa shape index (κ1) is 21.9. The Labute approximate surface area is 173 Å². The lowest BCUT2D eigenvalue weighted by atomic mass is 9.97. The van der Waals surface area contributed by atoms with Crippen molar-refractivity contribution in [3.63, 3.8) is 0 Å². The molecule has 0 aliphatic rings. The van der Waals surface area contributed by atoms with Crippen LogP contribution in [0.4, 0.5) is 5.82 Å². The summed E-state index contributed by atoms with van der Waals surface area (Å²) >= 11 is 1.03. The number of Topliss-reactive ketones (excluding diaryl/α,β-unsaturated/α-hetero) is 1. The van der Waals surface area contributed by atoms with Gasteiger partial charge >= 0.3 is 5.97 Å². The molecular weight excluding hydrogens is 388 g/mol. The van der Waals surface area contributed by atoms with Gasteiger partial charge in [-0.05, 0) is 26.3 Å². The van der Waals surface area contributed by atoms with Gasteiger partial charge in [-0.3, -0.25) is 9.59 Å². The molecule has 148 valence electrons. The molecule has 0 radical (unpaired) electrons. The summed E-state index contributed by atoms with van der Waals surface area (Å²) in [5.41, 5.74) is 7.27. The maximum Gasteiger partial charge on any atom is 0.313 e. The van der Waals surface area contributed by atoms with E-state index in [1.165, 1.54) is 0 Å². The van der Waals surface area contributed by atoms with Crippen LogP contribution >= 0.6 is 11.8 Å². The lowest BCUT2D eigenvalue weighted by Gasteiger charge is -2.23. The number of ether oxygens (including phenoxy) is 1. The number of thioether (sulfide) groups is 1. The molecule has 0 aliphatic carbocycles. The van der Waals surface area contributed by atoms with Crippen LogP contribution < -0.4 is 5.73 Å². The molecule has 29 heavy (non-hydrogen) atoms. The van der Waals surface area contributed by atoms with Crippen LogP contribution in [0.2, 0.25) is 0 Å². The van der Waals surface area contributed by atoms with Gasteiger partial charge in [-0.2, -0.15) is 10.5 Å². The topological polar surface area (TPSA) is 130 Å². The van der Waals surface area contributed by atoms with Gasteiger partial charge in [0.2, 0.25) is 0 Å². The number of carbonyl (C=O) groups is 2. The molecule has 1 aromatic carbocycles. The highest BCUT2D eigenvalue weighted by Gasteiger charge is 2.33. The predicted molar refractivity (Wildman–Crippen MR) is 110 cm³/mol. The summed E-state index contributed by atoms with van der Waals surface area (Å²) in [5, 5.41) is 19.6. The number of benzene rings is 1. The number of hydrogen-bond acceptors (Lipinski definition) is 8. The highest BCUT2D eigenvalue weighted by molar-refractivity contribution is 8.01. The van der Waals surface area contributed by atoms with Crippen LogP contribution in [0, 0.1) is 22.7 Å². The predicted octanol–water partition coefficient (Wildman–Crippen LogP) is 3.47. The number of aromatic nitrogens is 1. The number of pyridine rings is 1. The fraction of sp³-hybridized carbons (Fsp3) is 0.286. The minimum atomic E-state index is -1.07. The largest absolute Gasteiger partial charge is 0.466 e. The number of carbonyl (C=O) groups excluding carboxylic acids is 2. The minimum absolute atomic E-state index is 0.0264. The van der Waals surface area contributed by atoms with Crippen molar-refractivity contribution in [3.8, 4) is 23.3 Å². The van der Waals surface area contributed by atoms with Gasteiger partial charge in [-0.1, -0.05) is 42.1 Å². The fourth-order valence-corrected chi connectivity index (χ4v) is 3.68. The van der Waals surface area contributed by atoms with Crippen LogP contribution in [0.25, 0.3) is 11.1 Å². The summed E-state index contributed by atoms with van der Waals surface area (Å²) < 4.78 is 3.77. The Morgan fingerprint density at radius 3 is 2.34 bits per heavy atom. The summed E-state index contributed by atoms with van der Waals surface area (Å²) in [6.07, 6.45) is -0.382. The normalized spacial score (nSPS) is 10.7. The first-order chi connectivity index (χ1) is 13.7. The molecule has 2 aromatic rings. The number of nitrogens with two attached hydrogens (primary N) is 1. The molecule has 0 unspecified atom stereocenters. The van der Waals surface area contributed by atoms with E-state index in [1.54, 1.807) is 45.0 Å². The number of esters is 1. The number of nitriles is 2. The van der Waals surface area contributed by atoms with E-state index in [4.69, 9.17) is 10.5 Å². The lowest BCUT2D eigenvalue weighted by Crippen LogP contribution is -2.30. The third-order valence-electron chi connectivity index (χ3n) is 4.11. The summed E-state index contributed by atoms with van der Waals surface area (Å²) in [6, 6.07) is 13.0. The smallest absolute Gasteiger partial charge is 0.313 e. The van der Waals surface area contributed by atoms with Crippen LogP contribution in [0.15, 0.2) is 35.4 Å². The number of hydrogen-bond donors (Lipinski definition) is 1. The van der Waals surface area contributed by atoms with E-state index in [9.17, 15) is 20.1 Å². The summed E-state index contributed by atoms with van der Waals surface area (Å²) in [6.45, 7) is 5.12. The van der Waals surface area contributed by atoms with Gasteiger partial charge in [-0.15, -0.1) is 0 Å². The molecule has 2 N–H and O–H groups in total. The van der Waals surface area contributed by atoms with Crippen molar-refractivity contribution < 1.29 is 14.3 Å². The average Bonchev–Trinajstić information content (AvgIpc) is 2.68. The van der Waals surface area contributed by atoms with E-state index in [-0.39, 0.29) is 40.8 Å². The number of nitrogen functional groups attached to an aromatic ring is 1. The standard InChI is InChI=1S/C21H20N4O3S/c1-4-28-17(27)10-16(26)21(2,3)29-20-15(12-23)18(13-8-6-5-7-9-13)14(11-22)19(24)25-20/h5-9H,4,10H2,1-3H3,(H2,24,25). The van der Waals surface area contributed by atoms with Gasteiger partial charge in [0.25, 0.3) is 0 Å². The number of nitrogens with zero attached hydrogens (tertiary/aromatic N) is 3. The van der Waals surface area contributed by atoms with E-state index in [1.807, 2.05) is 12.1 Å². The minimum Gasteiger partial charge on any atom is -0.466 e. The van der Waals surface area contributed by atoms with Crippen LogP contribution in [-0.2, 0) is 14.3 Å². The van der Waals surface area contributed by atoms with E-state index in [0.29, 0.717) is 11.1 Å². The molecule has 0 fully saturated rings. The second-order valence-corrected chi connectivity index (χ2v) is 8.15. The molecule has 0 bridgehead atoms. The summed E-state index contributed by atoms with van der Waals surface area (Å²) in [5.74, 6) is -0.999. The van der Waals surface area contributed by atoms with Crippen molar-refractivity contribution in [3.05, 3.63) is 41.5 Å². The van der Waals surface area contributed by atoms with Crippen LogP contribution in [0.3, 0.4) is 0 Å². The fourth-order valence-electron chi connectivity index (χ4n) is 2.62. The second kappa shape index (κ2) is 9.22.